The lowest BCUT2D eigenvalue weighted by atomic mass is 9.77. The molecule has 2 fully saturated rings. The van der Waals surface area contributed by atoms with E-state index in [0.717, 1.165) is 44.4 Å². The van der Waals surface area contributed by atoms with Crippen molar-refractivity contribution in [3.05, 3.63) is 69.8 Å². The SMILES string of the molecule is CCCC1CCC(c2ccc(C#CC3CCC(c4ccc(C)c(F)c4F)CC3)c(F)c2F)CC1. The lowest BCUT2D eigenvalue weighted by Gasteiger charge is -2.29. The second-order valence-electron chi connectivity index (χ2n) is 10.3. The molecule has 2 aliphatic carbocycles. The molecular formula is C30H34F4. The van der Waals surface area contributed by atoms with Crippen LogP contribution in [0.5, 0.6) is 0 Å². The molecule has 2 saturated carbocycles. The third kappa shape index (κ3) is 5.35. The third-order valence-electron chi connectivity index (χ3n) is 7.98. The van der Waals surface area contributed by atoms with Gasteiger partial charge in [0.05, 0.1) is 5.56 Å². The van der Waals surface area contributed by atoms with E-state index in [4.69, 9.17) is 0 Å². The van der Waals surface area contributed by atoms with Crippen molar-refractivity contribution >= 4 is 0 Å². The minimum atomic E-state index is -0.841. The Kier molecular flexibility index (Phi) is 8.02. The smallest absolute Gasteiger partial charge is 0.174 e. The number of aryl methyl sites for hydroxylation is 1. The van der Waals surface area contributed by atoms with Crippen molar-refractivity contribution in [2.75, 3.05) is 0 Å². The zero-order chi connectivity index (χ0) is 24.2. The van der Waals surface area contributed by atoms with Crippen molar-refractivity contribution in [1.29, 1.82) is 0 Å². The molecule has 0 heterocycles. The van der Waals surface area contributed by atoms with Crippen LogP contribution in [0.1, 0.15) is 105 Å². The number of benzene rings is 2. The molecule has 0 saturated heterocycles. The van der Waals surface area contributed by atoms with E-state index in [2.05, 4.69) is 18.8 Å². The molecule has 4 heteroatoms. The minimum Gasteiger partial charge on any atom is -0.203 e. The average Bonchev–Trinajstić information content (AvgIpc) is 2.85. The molecule has 0 aliphatic heterocycles. The highest BCUT2D eigenvalue weighted by Gasteiger charge is 2.27. The largest absolute Gasteiger partial charge is 0.203 e. The zero-order valence-corrected chi connectivity index (χ0v) is 20.2. The van der Waals surface area contributed by atoms with Crippen LogP contribution in [0.2, 0.25) is 0 Å². The first kappa shape index (κ1) is 24.8. The molecule has 0 spiro atoms. The molecule has 0 aromatic heterocycles. The molecule has 0 bridgehead atoms. The van der Waals surface area contributed by atoms with E-state index >= 15 is 0 Å². The van der Waals surface area contributed by atoms with E-state index in [9.17, 15) is 17.6 Å². The van der Waals surface area contributed by atoms with Gasteiger partial charge in [0.15, 0.2) is 23.3 Å². The van der Waals surface area contributed by atoms with Gasteiger partial charge in [0.2, 0.25) is 0 Å². The minimum absolute atomic E-state index is 0.0333. The quantitative estimate of drug-likeness (QED) is 0.309. The summed E-state index contributed by atoms with van der Waals surface area (Å²) in [6.07, 6.45) is 9.27. The Morgan fingerprint density at radius 2 is 1.26 bits per heavy atom. The molecule has 0 amide bonds. The van der Waals surface area contributed by atoms with Crippen LogP contribution in [0.25, 0.3) is 0 Å². The van der Waals surface area contributed by atoms with Gasteiger partial charge in [-0.05, 0) is 98.8 Å². The normalized spacial score (nSPS) is 25.0. The van der Waals surface area contributed by atoms with Gasteiger partial charge in [0, 0.05) is 5.92 Å². The van der Waals surface area contributed by atoms with Crippen LogP contribution in [0.3, 0.4) is 0 Å². The molecule has 2 aromatic rings. The monoisotopic (exact) mass is 470 g/mol. The van der Waals surface area contributed by atoms with Crippen LogP contribution in [0.4, 0.5) is 17.6 Å². The Labute approximate surface area is 201 Å². The van der Waals surface area contributed by atoms with E-state index in [1.165, 1.54) is 12.8 Å². The second-order valence-corrected chi connectivity index (χ2v) is 10.3. The lowest BCUT2D eigenvalue weighted by molar-refractivity contribution is 0.303. The van der Waals surface area contributed by atoms with Gasteiger partial charge in [-0.15, -0.1) is 0 Å². The molecule has 0 atom stereocenters. The molecule has 0 radical (unpaired) electrons. The fourth-order valence-electron chi connectivity index (χ4n) is 5.85. The molecule has 34 heavy (non-hydrogen) atoms. The molecule has 2 aliphatic rings. The predicted molar refractivity (Wildman–Crippen MR) is 129 cm³/mol. The summed E-state index contributed by atoms with van der Waals surface area (Å²) in [4.78, 5) is 0. The van der Waals surface area contributed by atoms with Gasteiger partial charge in [-0.25, -0.2) is 17.6 Å². The maximum Gasteiger partial charge on any atom is 0.174 e. The summed E-state index contributed by atoms with van der Waals surface area (Å²) in [7, 11) is 0. The van der Waals surface area contributed by atoms with Crippen molar-refractivity contribution in [3.8, 4) is 11.8 Å². The Morgan fingerprint density at radius 3 is 1.88 bits per heavy atom. The third-order valence-corrected chi connectivity index (χ3v) is 7.98. The Bertz CT molecular complexity index is 1060. The Balaban J connectivity index is 1.38. The van der Waals surface area contributed by atoms with Crippen LogP contribution >= 0.6 is 0 Å². The molecule has 0 nitrogen and oxygen atoms in total. The molecular weight excluding hydrogens is 436 g/mol. The van der Waals surface area contributed by atoms with E-state index < -0.39 is 23.3 Å². The molecule has 4 rings (SSSR count). The van der Waals surface area contributed by atoms with Gasteiger partial charge in [-0.2, -0.15) is 0 Å². The van der Waals surface area contributed by atoms with E-state index in [0.29, 0.717) is 29.5 Å². The van der Waals surface area contributed by atoms with Crippen LogP contribution < -0.4 is 0 Å². The second kappa shape index (κ2) is 11.0. The Hall–Kier alpha value is -2.28. The summed E-state index contributed by atoms with van der Waals surface area (Å²) in [6.45, 7) is 3.75. The summed E-state index contributed by atoms with van der Waals surface area (Å²) >= 11 is 0. The van der Waals surface area contributed by atoms with Crippen LogP contribution in [-0.2, 0) is 0 Å². The predicted octanol–water partition coefficient (Wildman–Crippen LogP) is 8.95. The van der Waals surface area contributed by atoms with Crippen molar-refractivity contribution < 1.29 is 17.6 Å². The highest BCUT2D eigenvalue weighted by atomic mass is 19.2. The summed E-state index contributed by atoms with van der Waals surface area (Å²) in [5, 5.41) is 0. The molecule has 182 valence electrons. The number of hydrogen-bond acceptors (Lipinski definition) is 0. The highest BCUT2D eigenvalue weighted by Crippen LogP contribution is 2.40. The van der Waals surface area contributed by atoms with Gasteiger partial charge in [0.25, 0.3) is 0 Å². The number of hydrogen-bond donors (Lipinski definition) is 0. The maximum atomic E-state index is 14.9. The van der Waals surface area contributed by atoms with Crippen molar-refractivity contribution in [2.24, 2.45) is 11.8 Å². The first-order valence-corrected chi connectivity index (χ1v) is 12.8. The molecule has 0 N–H and O–H groups in total. The topological polar surface area (TPSA) is 0 Å². The average molecular weight is 471 g/mol. The summed E-state index contributed by atoms with van der Waals surface area (Å²) in [5.74, 6) is 3.69. The van der Waals surface area contributed by atoms with E-state index in [-0.39, 0.29) is 23.3 Å². The first-order chi connectivity index (χ1) is 16.4. The maximum absolute atomic E-state index is 14.9. The zero-order valence-electron chi connectivity index (χ0n) is 20.2. The fraction of sp³-hybridized carbons (Fsp3) is 0.533. The number of halogens is 4. The molecule has 2 aromatic carbocycles. The van der Waals surface area contributed by atoms with Gasteiger partial charge in [0.1, 0.15) is 0 Å². The van der Waals surface area contributed by atoms with Crippen LogP contribution in [0.15, 0.2) is 24.3 Å². The van der Waals surface area contributed by atoms with E-state index in [1.54, 1.807) is 31.2 Å². The van der Waals surface area contributed by atoms with Crippen LogP contribution in [0, 0.1) is 53.9 Å². The summed E-state index contributed by atoms with van der Waals surface area (Å²) in [5.41, 5.74) is 1.34. The standard InChI is InChI=1S/C30H34F4/c1-3-4-20-6-11-23(12-7-20)26-18-16-24(28(32)30(26)34)15-10-21-8-13-22(14-9-21)25-17-5-19(2)27(31)29(25)33/h5,16-18,20-23H,3-4,6-9,11-14H2,1-2H3. The van der Waals surface area contributed by atoms with Crippen molar-refractivity contribution in [3.63, 3.8) is 0 Å². The summed E-state index contributed by atoms with van der Waals surface area (Å²) < 4.78 is 58.0. The Morgan fingerprint density at radius 1 is 0.706 bits per heavy atom. The number of rotatable bonds is 4. The lowest BCUT2D eigenvalue weighted by Crippen LogP contribution is -2.15. The van der Waals surface area contributed by atoms with Crippen molar-refractivity contribution in [2.45, 2.75) is 89.9 Å². The fourth-order valence-corrected chi connectivity index (χ4v) is 5.85. The highest BCUT2D eigenvalue weighted by molar-refractivity contribution is 5.40. The van der Waals surface area contributed by atoms with Crippen molar-refractivity contribution in [1.82, 2.24) is 0 Å². The van der Waals surface area contributed by atoms with Gasteiger partial charge >= 0.3 is 0 Å². The summed E-state index contributed by atoms with van der Waals surface area (Å²) in [6, 6.07) is 6.64. The van der Waals surface area contributed by atoms with E-state index in [1.807, 2.05) is 0 Å². The van der Waals surface area contributed by atoms with Gasteiger partial charge in [-0.1, -0.05) is 49.8 Å². The van der Waals surface area contributed by atoms with Gasteiger partial charge in [-0.3, -0.25) is 0 Å². The van der Waals surface area contributed by atoms with Crippen LogP contribution in [-0.4, -0.2) is 0 Å². The van der Waals surface area contributed by atoms with Gasteiger partial charge < -0.3 is 0 Å². The molecule has 0 unspecified atom stereocenters. The first-order valence-electron chi connectivity index (χ1n) is 12.8.